The molecule has 0 aliphatic heterocycles. The van der Waals surface area contributed by atoms with Crippen molar-refractivity contribution in [2.75, 3.05) is 13.7 Å². The minimum Gasteiger partial charge on any atom is -0.496 e. The Bertz CT molecular complexity index is 591. The predicted octanol–water partition coefficient (Wildman–Crippen LogP) is 2.35. The summed E-state index contributed by atoms with van der Waals surface area (Å²) < 4.78 is 11.0. The van der Waals surface area contributed by atoms with Gasteiger partial charge in [0.15, 0.2) is 0 Å². The summed E-state index contributed by atoms with van der Waals surface area (Å²) in [5.41, 5.74) is 1.98. The number of hydrogen-bond donors (Lipinski definition) is 1. The summed E-state index contributed by atoms with van der Waals surface area (Å²) >= 11 is 0. The van der Waals surface area contributed by atoms with Gasteiger partial charge in [0.1, 0.15) is 5.75 Å². The second-order valence-corrected chi connectivity index (χ2v) is 5.16. The molecule has 0 saturated heterocycles. The number of nitrogens with zero attached hydrogens (tertiary/aromatic N) is 2. The molecule has 1 N–H and O–H groups in total. The van der Waals surface area contributed by atoms with E-state index in [1.807, 2.05) is 25.1 Å². The molecule has 0 unspecified atom stereocenters. The zero-order chi connectivity index (χ0) is 13.9. The molecular weight excluding hydrogens is 254 g/mol. The Labute approximate surface area is 118 Å². The zero-order valence-corrected chi connectivity index (χ0v) is 11.8. The van der Waals surface area contributed by atoms with Gasteiger partial charge in [0, 0.05) is 24.6 Å². The molecular formula is C15H19N3O2. The molecule has 0 atom stereocenters. The lowest BCUT2D eigenvalue weighted by atomic mass is 10.1. The third kappa shape index (κ3) is 2.99. The summed E-state index contributed by atoms with van der Waals surface area (Å²) in [5, 5.41) is 11.6. The summed E-state index contributed by atoms with van der Waals surface area (Å²) in [6.07, 6.45) is 3.35. The first-order chi connectivity index (χ1) is 9.76. The van der Waals surface area contributed by atoms with E-state index in [4.69, 9.17) is 9.15 Å². The largest absolute Gasteiger partial charge is 0.496 e. The molecule has 0 radical (unpaired) electrons. The number of ether oxygens (including phenoxy) is 1. The topological polar surface area (TPSA) is 60.2 Å². The van der Waals surface area contributed by atoms with Crippen LogP contribution < -0.4 is 10.1 Å². The van der Waals surface area contributed by atoms with Crippen LogP contribution >= 0.6 is 0 Å². The number of aryl methyl sites for hydroxylation is 1. The maximum absolute atomic E-state index is 5.69. The van der Waals surface area contributed by atoms with Crippen LogP contribution in [0.5, 0.6) is 5.75 Å². The number of rotatable bonds is 6. The molecule has 1 aliphatic rings. The molecule has 20 heavy (non-hydrogen) atoms. The maximum Gasteiger partial charge on any atom is 0.247 e. The lowest BCUT2D eigenvalue weighted by molar-refractivity contribution is 0.411. The Morgan fingerprint density at radius 1 is 1.35 bits per heavy atom. The van der Waals surface area contributed by atoms with Crippen molar-refractivity contribution in [3.63, 3.8) is 0 Å². The first-order valence-electron chi connectivity index (χ1n) is 6.97. The van der Waals surface area contributed by atoms with Gasteiger partial charge < -0.3 is 14.5 Å². The fraction of sp³-hybridized carbons (Fsp3) is 0.467. The van der Waals surface area contributed by atoms with Crippen molar-refractivity contribution in [3.05, 3.63) is 29.7 Å². The molecule has 0 bridgehead atoms. The van der Waals surface area contributed by atoms with E-state index in [1.165, 1.54) is 12.8 Å². The Morgan fingerprint density at radius 2 is 2.20 bits per heavy atom. The van der Waals surface area contributed by atoms with Crippen molar-refractivity contribution in [1.29, 1.82) is 0 Å². The van der Waals surface area contributed by atoms with Crippen molar-refractivity contribution in [2.24, 2.45) is 0 Å². The molecule has 106 valence electrons. The van der Waals surface area contributed by atoms with Crippen LogP contribution in [0, 0.1) is 6.92 Å². The molecule has 5 nitrogen and oxygen atoms in total. The highest BCUT2D eigenvalue weighted by Crippen LogP contribution is 2.26. The normalized spacial score (nSPS) is 14.5. The SMILES string of the molecule is COc1cc(-c2nnc(CCNC3CC3)o2)ccc1C. The minimum atomic E-state index is 0.546. The highest BCUT2D eigenvalue weighted by Gasteiger charge is 2.20. The summed E-state index contributed by atoms with van der Waals surface area (Å²) in [5.74, 6) is 2.05. The third-order valence-electron chi connectivity index (χ3n) is 3.47. The van der Waals surface area contributed by atoms with E-state index in [9.17, 15) is 0 Å². The minimum absolute atomic E-state index is 0.546. The van der Waals surface area contributed by atoms with Crippen molar-refractivity contribution in [2.45, 2.75) is 32.2 Å². The molecule has 1 aromatic carbocycles. The van der Waals surface area contributed by atoms with E-state index in [2.05, 4.69) is 15.5 Å². The Balaban J connectivity index is 1.68. The van der Waals surface area contributed by atoms with E-state index in [0.29, 0.717) is 17.8 Å². The molecule has 1 heterocycles. The second-order valence-electron chi connectivity index (χ2n) is 5.16. The zero-order valence-electron chi connectivity index (χ0n) is 11.8. The molecule has 5 heteroatoms. The molecule has 1 saturated carbocycles. The number of benzene rings is 1. The lowest BCUT2D eigenvalue weighted by Crippen LogP contribution is -2.19. The molecule has 1 aliphatic carbocycles. The van der Waals surface area contributed by atoms with E-state index in [0.717, 1.165) is 29.8 Å². The van der Waals surface area contributed by atoms with E-state index < -0.39 is 0 Å². The van der Waals surface area contributed by atoms with Crippen LogP contribution in [0.4, 0.5) is 0 Å². The van der Waals surface area contributed by atoms with Crippen molar-refractivity contribution < 1.29 is 9.15 Å². The Morgan fingerprint density at radius 3 is 2.95 bits per heavy atom. The van der Waals surface area contributed by atoms with Gasteiger partial charge in [0.05, 0.1) is 7.11 Å². The second kappa shape index (κ2) is 5.63. The van der Waals surface area contributed by atoms with Gasteiger partial charge in [-0.05, 0) is 37.5 Å². The third-order valence-corrected chi connectivity index (χ3v) is 3.47. The highest BCUT2D eigenvalue weighted by molar-refractivity contribution is 5.57. The molecule has 3 rings (SSSR count). The first-order valence-corrected chi connectivity index (χ1v) is 6.97. The average molecular weight is 273 g/mol. The van der Waals surface area contributed by atoms with E-state index in [1.54, 1.807) is 7.11 Å². The van der Waals surface area contributed by atoms with Gasteiger partial charge in [0.25, 0.3) is 0 Å². The summed E-state index contributed by atoms with van der Waals surface area (Å²) in [4.78, 5) is 0. The van der Waals surface area contributed by atoms with E-state index in [-0.39, 0.29) is 0 Å². The number of methoxy groups -OCH3 is 1. The monoisotopic (exact) mass is 273 g/mol. The Hall–Kier alpha value is -1.88. The average Bonchev–Trinajstić information content (AvgIpc) is 3.16. The van der Waals surface area contributed by atoms with Gasteiger partial charge in [-0.3, -0.25) is 0 Å². The van der Waals surface area contributed by atoms with Gasteiger partial charge in [-0.25, -0.2) is 0 Å². The van der Waals surface area contributed by atoms with Gasteiger partial charge in [-0.1, -0.05) is 6.07 Å². The van der Waals surface area contributed by atoms with Crippen LogP contribution in [0.2, 0.25) is 0 Å². The standard InChI is InChI=1S/C15H19N3O2/c1-10-3-4-11(9-13(10)19-2)15-18-17-14(20-15)7-8-16-12-5-6-12/h3-4,9,12,16H,5-8H2,1-2H3. The fourth-order valence-electron chi connectivity index (χ4n) is 2.10. The van der Waals surface area contributed by atoms with Crippen LogP contribution in [0.3, 0.4) is 0 Å². The summed E-state index contributed by atoms with van der Waals surface area (Å²) in [6, 6.07) is 6.60. The molecule has 1 fully saturated rings. The smallest absolute Gasteiger partial charge is 0.247 e. The number of hydrogen-bond acceptors (Lipinski definition) is 5. The highest BCUT2D eigenvalue weighted by atomic mass is 16.5. The first kappa shape index (κ1) is 13.1. The van der Waals surface area contributed by atoms with Crippen molar-refractivity contribution >= 4 is 0 Å². The maximum atomic E-state index is 5.69. The Kier molecular flexibility index (Phi) is 3.69. The molecule has 1 aromatic heterocycles. The fourth-order valence-corrected chi connectivity index (χ4v) is 2.10. The van der Waals surface area contributed by atoms with Crippen LogP contribution in [0.1, 0.15) is 24.3 Å². The lowest BCUT2D eigenvalue weighted by Gasteiger charge is -2.04. The number of nitrogens with one attached hydrogen (secondary N) is 1. The predicted molar refractivity (Wildman–Crippen MR) is 75.8 cm³/mol. The van der Waals surface area contributed by atoms with Gasteiger partial charge in [0.2, 0.25) is 11.8 Å². The van der Waals surface area contributed by atoms with Crippen LogP contribution in [-0.4, -0.2) is 29.9 Å². The molecule has 2 aromatic rings. The van der Waals surface area contributed by atoms with Crippen LogP contribution in [0.25, 0.3) is 11.5 Å². The van der Waals surface area contributed by atoms with Crippen molar-refractivity contribution in [3.8, 4) is 17.2 Å². The summed E-state index contributed by atoms with van der Waals surface area (Å²) in [6.45, 7) is 2.90. The van der Waals surface area contributed by atoms with Gasteiger partial charge in [-0.2, -0.15) is 0 Å². The molecule has 0 amide bonds. The van der Waals surface area contributed by atoms with Crippen LogP contribution in [-0.2, 0) is 6.42 Å². The quantitative estimate of drug-likeness (QED) is 0.875. The van der Waals surface area contributed by atoms with E-state index >= 15 is 0 Å². The van der Waals surface area contributed by atoms with Crippen molar-refractivity contribution in [1.82, 2.24) is 15.5 Å². The van der Waals surface area contributed by atoms with Gasteiger partial charge >= 0.3 is 0 Å². The summed E-state index contributed by atoms with van der Waals surface area (Å²) in [7, 11) is 1.66. The molecule has 0 spiro atoms. The number of aromatic nitrogens is 2. The van der Waals surface area contributed by atoms with Crippen LogP contribution in [0.15, 0.2) is 22.6 Å². The van der Waals surface area contributed by atoms with Gasteiger partial charge in [-0.15, -0.1) is 10.2 Å².